The van der Waals surface area contributed by atoms with Gasteiger partial charge >= 0.3 is 0 Å². The Hall–Kier alpha value is -1.28. The minimum atomic E-state index is 0.694. The Kier molecular flexibility index (Phi) is 18.8. The van der Waals surface area contributed by atoms with Gasteiger partial charge in [0, 0.05) is 12.5 Å². The Balaban J connectivity index is 0. The molecule has 0 aromatic carbocycles. The number of nitriles is 2. The molecule has 0 heterocycles. The SMILES string of the molecule is C=CC#N.CCCC#N. The number of hydrogen-bond donors (Lipinski definition) is 0. The molecule has 48 valence electrons. The van der Waals surface area contributed by atoms with E-state index in [0.717, 1.165) is 6.42 Å². The third-order valence-corrected chi connectivity index (χ3v) is 0.453. The molecule has 0 bridgehead atoms. The number of hydrogen-bond acceptors (Lipinski definition) is 2. The third kappa shape index (κ3) is 50.6. The van der Waals surface area contributed by atoms with Crippen LogP contribution in [0.4, 0.5) is 0 Å². The van der Waals surface area contributed by atoms with Crippen LogP contribution in [0.2, 0.25) is 0 Å². The standard InChI is InChI=1S/C4H7N.C3H3N/c1-2-3-4-5;1-2-3-4/h2-3H2,1H3;2H,1H2. The van der Waals surface area contributed by atoms with Crippen LogP contribution in [0.5, 0.6) is 0 Å². The molecule has 0 amide bonds. The molecule has 0 spiro atoms. The molecule has 0 rings (SSSR count). The van der Waals surface area contributed by atoms with E-state index in [1.54, 1.807) is 6.07 Å². The zero-order chi connectivity index (χ0) is 7.54. The van der Waals surface area contributed by atoms with E-state index in [1.165, 1.54) is 6.08 Å². The Bertz CT molecular complexity index is 125. The van der Waals surface area contributed by atoms with Gasteiger partial charge in [-0.1, -0.05) is 13.5 Å². The zero-order valence-corrected chi connectivity index (χ0v) is 5.59. The lowest BCUT2D eigenvalue weighted by atomic mass is 10.4. The summed E-state index contributed by atoms with van der Waals surface area (Å²) < 4.78 is 0. The zero-order valence-electron chi connectivity index (χ0n) is 5.59. The van der Waals surface area contributed by atoms with Crippen molar-refractivity contribution >= 4 is 0 Å². The van der Waals surface area contributed by atoms with Gasteiger partial charge in [-0.3, -0.25) is 0 Å². The van der Waals surface area contributed by atoms with Crippen LogP contribution in [0.1, 0.15) is 19.8 Å². The van der Waals surface area contributed by atoms with Crippen molar-refractivity contribution in [3.8, 4) is 12.1 Å². The molecule has 2 heteroatoms. The Morgan fingerprint density at radius 1 is 1.56 bits per heavy atom. The van der Waals surface area contributed by atoms with Crippen LogP contribution in [0.25, 0.3) is 0 Å². The van der Waals surface area contributed by atoms with Crippen molar-refractivity contribution in [1.82, 2.24) is 0 Å². The van der Waals surface area contributed by atoms with Gasteiger partial charge in [0.1, 0.15) is 0 Å². The van der Waals surface area contributed by atoms with Gasteiger partial charge < -0.3 is 0 Å². The summed E-state index contributed by atoms with van der Waals surface area (Å²) in [5.74, 6) is 0. The Morgan fingerprint density at radius 3 is 2.00 bits per heavy atom. The van der Waals surface area contributed by atoms with Crippen LogP contribution in [0, 0.1) is 22.7 Å². The maximum absolute atomic E-state index is 7.82. The summed E-state index contributed by atoms with van der Waals surface area (Å²) in [6, 6.07) is 3.71. The maximum atomic E-state index is 7.82. The highest BCUT2D eigenvalue weighted by Crippen LogP contribution is 1.77. The number of nitrogens with zero attached hydrogens (tertiary/aromatic N) is 2. The van der Waals surface area contributed by atoms with Crippen LogP contribution in [-0.2, 0) is 0 Å². The normalized spacial score (nSPS) is 5.22. The molecular formula is C7H10N2. The van der Waals surface area contributed by atoms with Crippen LogP contribution in [-0.4, -0.2) is 0 Å². The Labute approximate surface area is 56.0 Å². The van der Waals surface area contributed by atoms with Crippen molar-refractivity contribution in [2.45, 2.75) is 19.8 Å². The molecular weight excluding hydrogens is 112 g/mol. The highest BCUT2D eigenvalue weighted by Gasteiger charge is 1.65. The monoisotopic (exact) mass is 122 g/mol. The predicted molar refractivity (Wildman–Crippen MR) is 36.3 cm³/mol. The summed E-state index contributed by atoms with van der Waals surface area (Å²) in [5, 5.41) is 15.3. The second-order valence-electron chi connectivity index (χ2n) is 1.24. The van der Waals surface area contributed by atoms with E-state index in [9.17, 15) is 0 Å². The quantitative estimate of drug-likeness (QED) is 0.499. The van der Waals surface area contributed by atoms with Crippen molar-refractivity contribution in [2.75, 3.05) is 0 Å². The number of rotatable bonds is 1. The molecule has 0 aliphatic rings. The van der Waals surface area contributed by atoms with Gasteiger partial charge in [-0.25, -0.2) is 0 Å². The lowest BCUT2D eigenvalue weighted by Gasteiger charge is -1.65. The van der Waals surface area contributed by atoms with Crippen molar-refractivity contribution in [3.63, 3.8) is 0 Å². The smallest absolute Gasteiger partial charge is 0.0905 e. The summed E-state index contributed by atoms with van der Waals surface area (Å²) in [6.45, 7) is 5.11. The molecule has 2 nitrogen and oxygen atoms in total. The summed E-state index contributed by atoms with van der Waals surface area (Å²) >= 11 is 0. The van der Waals surface area contributed by atoms with E-state index in [0.29, 0.717) is 6.42 Å². The average molecular weight is 122 g/mol. The molecule has 0 aromatic rings. The topological polar surface area (TPSA) is 47.6 Å². The summed E-state index contributed by atoms with van der Waals surface area (Å²) in [6.07, 6.45) is 2.86. The van der Waals surface area contributed by atoms with E-state index < -0.39 is 0 Å². The van der Waals surface area contributed by atoms with Crippen LogP contribution in [0.3, 0.4) is 0 Å². The largest absolute Gasteiger partial charge is 0.198 e. The fraction of sp³-hybridized carbons (Fsp3) is 0.429. The maximum Gasteiger partial charge on any atom is 0.0905 e. The molecule has 0 unspecified atom stereocenters. The molecule has 0 saturated carbocycles. The molecule has 0 aliphatic carbocycles. The minimum Gasteiger partial charge on any atom is -0.198 e. The van der Waals surface area contributed by atoms with Crippen LogP contribution in [0.15, 0.2) is 12.7 Å². The second kappa shape index (κ2) is 15.9. The molecule has 0 N–H and O–H groups in total. The van der Waals surface area contributed by atoms with E-state index in [-0.39, 0.29) is 0 Å². The lowest BCUT2D eigenvalue weighted by molar-refractivity contribution is 0.969. The average Bonchev–Trinajstić information content (AvgIpc) is 1.91. The molecule has 0 fully saturated rings. The van der Waals surface area contributed by atoms with Gasteiger partial charge in [-0.2, -0.15) is 10.5 Å². The van der Waals surface area contributed by atoms with Crippen molar-refractivity contribution in [1.29, 1.82) is 10.5 Å². The summed E-state index contributed by atoms with van der Waals surface area (Å²) in [4.78, 5) is 0. The molecule has 9 heavy (non-hydrogen) atoms. The molecule has 0 saturated heterocycles. The van der Waals surface area contributed by atoms with Crippen molar-refractivity contribution < 1.29 is 0 Å². The summed E-state index contributed by atoms with van der Waals surface area (Å²) in [5.41, 5.74) is 0. The fourth-order valence-electron chi connectivity index (χ4n) is 0.112. The Morgan fingerprint density at radius 2 is 2.00 bits per heavy atom. The van der Waals surface area contributed by atoms with E-state index in [1.807, 2.05) is 13.0 Å². The first-order chi connectivity index (χ1) is 4.33. The van der Waals surface area contributed by atoms with Crippen LogP contribution >= 0.6 is 0 Å². The first kappa shape index (κ1) is 10.7. The lowest BCUT2D eigenvalue weighted by Crippen LogP contribution is -1.53. The van der Waals surface area contributed by atoms with Crippen molar-refractivity contribution in [3.05, 3.63) is 12.7 Å². The predicted octanol–water partition coefficient (Wildman–Crippen LogP) is 2.01. The molecule has 0 atom stereocenters. The van der Waals surface area contributed by atoms with E-state index in [2.05, 4.69) is 6.58 Å². The summed E-state index contributed by atoms with van der Waals surface area (Å²) in [7, 11) is 0. The highest BCUT2D eigenvalue weighted by atomic mass is 14.2. The van der Waals surface area contributed by atoms with E-state index >= 15 is 0 Å². The van der Waals surface area contributed by atoms with Gasteiger partial charge in [0.05, 0.1) is 12.1 Å². The highest BCUT2D eigenvalue weighted by molar-refractivity contribution is 4.93. The van der Waals surface area contributed by atoms with Gasteiger partial charge in [-0.15, -0.1) is 0 Å². The van der Waals surface area contributed by atoms with Gasteiger partial charge in [-0.05, 0) is 6.42 Å². The van der Waals surface area contributed by atoms with Gasteiger partial charge in [0.25, 0.3) is 0 Å². The minimum absolute atomic E-state index is 0.694. The first-order valence-corrected chi connectivity index (χ1v) is 2.70. The van der Waals surface area contributed by atoms with E-state index in [4.69, 9.17) is 10.5 Å². The first-order valence-electron chi connectivity index (χ1n) is 2.70. The fourth-order valence-corrected chi connectivity index (χ4v) is 0.112. The number of unbranched alkanes of at least 4 members (excludes halogenated alkanes) is 1. The number of allylic oxidation sites excluding steroid dienone is 1. The molecule has 0 radical (unpaired) electrons. The van der Waals surface area contributed by atoms with Crippen molar-refractivity contribution in [2.24, 2.45) is 0 Å². The van der Waals surface area contributed by atoms with Crippen LogP contribution < -0.4 is 0 Å². The third-order valence-electron chi connectivity index (χ3n) is 0.453. The molecule has 0 aliphatic heterocycles. The van der Waals surface area contributed by atoms with Gasteiger partial charge in [0.2, 0.25) is 0 Å². The second-order valence-corrected chi connectivity index (χ2v) is 1.24. The molecule has 0 aromatic heterocycles. The van der Waals surface area contributed by atoms with Gasteiger partial charge in [0.15, 0.2) is 0 Å².